The fraction of sp³-hybridized carbons (Fsp3) is 0.211. The van der Waals surface area contributed by atoms with E-state index < -0.39 is 17.5 Å². The van der Waals surface area contributed by atoms with E-state index in [4.69, 9.17) is 0 Å². The van der Waals surface area contributed by atoms with E-state index in [1.165, 1.54) is 12.4 Å². The number of carbonyl (C=O) groups is 1. The number of hydrogen-bond donors (Lipinski definition) is 1. The highest BCUT2D eigenvalue weighted by molar-refractivity contribution is 5.92. The van der Waals surface area contributed by atoms with E-state index in [2.05, 4.69) is 30.5 Å². The quantitative estimate of drug-likeness (QED) is 0.529. The van der Waals surface area contributed by atoms with Crippen LogP contribution in [0.5, 0.6) is 0 Å². The molecule has 0 saturated heterocycles. The maximum absolute atomic E-state index is 12.8. The van der Waals surface area contributed by atoms with Gasteiger partial charge in [0.2, 0.25) is 5.91 Å². The van der Waals surface area contributed by atoms with E-state index >= 15 is 0 Å². The van der Waals surface area contributed by atoms with E-state index in [-0.39, 0.29) is 0 Å². The summed E-state index contributed by atoms with van der Waals surface area (Å²) in [6, 6.07) is 5.57. The molecule has 0 aliphatic rings. The van der Waals surface area contributed by atoms with E-state index in [9.17, 15) is 9.59 Å². The zero-order valence-corrected chi connectivity index (χ0v) is 16.6. The number of aryl methyl sites for hydroxylation is 2. The first-order valence-electron chi connectivity index (χ1n) is 9.17. The Morgan fingerprint density at radius 2 is 1.93 bits per heavy atom. The van der Waals surface area contributed by atoms with Crippen molar-refractivity contribution >= 4 is 11.7 Å². The van der Waals surface area contributed by atoms with Crippen molar-refractivity contribution in [3.8, 4) is 11.6 Å². The second-order valence-electron chi connectivity index (χ2n) is 6.71. The molecular weight excluding hydrogens is 386 g/mol. The first kappa shape index (κ1) is 19.2. The van der Waals surface area contributed by atoms with Gasteiger partial charge in [0, 0.05) is 30.2 Å². The largest absolute Gasteiger partial charge is 0.309 e. The number of nitrogens with zero attached hydrogens (tertiary/aromatic N) is 8. The van der Waals surface area contributed by atoms with Crippen LogP contribution in [0.25, 0.3) is 11.6 Å². The standard InChI is InChI=1S/C19H19N9O2/c1-12-8-13(2)27(24-12)16-4-5-18(29)28(25-16)14(3)19(30)23-15-9-17(22-10-21-15)26-7-6-20-11-26/h4-11,14H,1-3H3,(H,21,22,23,30). The Balaban J connectivity index is 1.59. The fourth-order valence-electron chi connectivity index (χ4n) is 2.96. The van der Waals surface area contributed by atoms with Crippen LogP contribution in [0.4, 0.5) is 5.82 Å². The molecule has 0 fully saturated rings. The van der Waals surface area contributed by atoms with Crippen LogP contribution < -0.4 is 10.9 Å². The van der Waals surface area contributed by atoms with Gasteiger partial charge in [-0.25, -0.2) is 24.3 Å². The van der Waals surface area contributed by atoms with Crippen molar-refractivity contribution in [3.05, 3.63) is 71.1 Å². The third-order valence-electron chi connectivity index (χ3n) is 4.46. The van der Waals surface area contributed by atoms with Gasteiger partial charge in [0.25, 0.3) is 5.56 Å². The Hall–Kier alpha value is -4.15. The Bertz CT molecular complexity index is 1260. The highest BCUT2D eigenvalue weighted by Crippen LogP contribution is 2.13. The predicted octanol–water partition coefficient (Wildman–Crippen LogP) is 1.22. The molecule has 11 nitrogen and oxygen atoms in total. The Morgan fingerprint density at radius 3 is 2.63 bits per heavy atom. The third kappa shape index (κ3) is 3.72. The topological polar surface area (TPSA) is 125 Å². The van der Waals surface area contributed by atoms with Crippen LogP contribution >= 0.6 is 0 Å². The molecule has 4 heterocycles. The number of nitrogens with one attached hydrogen (secondary N) is 1. The highest BCUT2D eigenvalue weighted by Gasteiger charge is 2.19. The minimum Gasteiger partial charge on any atom is -0.309 e. The normalized spacial score (nSPS) is 12.0. The molecule has 1 atom stereocenters. The van der Waals surface area contributed by atoms with Crippen molar-refractivity contribution in [2.45, 2.75) is 26.8 Å². The molecule has 4 aromatic rings. The number of hydrogen-bond acceptors (Lipinski definition) is 7. The summed E-state index contributed by atoms with van der Waals surface area (Å²) in [6.45, 7) is 5.35. The molecule has 0 spiro atoms. The predicted molar refractivity (Wildman–Crippen MR) is 108 cm³/mol. The van der Waals surface area contributed by atoms with Crippen LogP contribution in [0.15, 0.2) is 54.1 Å². The average molecular weight is 405 g/mol. The van der Waals surface area contributed by atoms with Gasteiger partial charge in [-0.1, -0.05) is 0 Å². The molecule has 1 unspecified atom stereocenters. The van der Waals surface area contributed by atoms with Crippen LogP contribution in [0, 0.1) is 13.8 Å². The number of imidazole rings is 1. The van der Waals surface area contributed by atoms with Crippen LogP contribution in [0.2, 0.25) is 0 Å². The Labute approximate surface area is 171 Å². The second-order valence-corrected chi connectivity index (χ2v) is 6.71. The average Bonchev–Trinajstić information content (AvgIpc) is 3.38. The summed E-state index contributed by atoms with van der Waals surface area (Å²) in [5.74, 6) is 0.857. The lowest BCUT2D eigenvalue weighted by molar-refractivity contribution is -0.119. The van der Waals surface area contributed by atoms with Gasteiger partial charge in [-0.05, 0) is 32.9 Å². The zero-order chi connectivity index (χ0) is 21.3. The fourth-order valence-corrected chi connectivity index (χ4v) is 2.96. The number of aromatic nitrogens is 8. The number of rotatable bonds is 5. The highest BCUT2D eigenvalue weighted by atomic mass is 16.2. The van der Waals surface area contributed by atoms with E-state index in [0.717, 1.165) is 16.1 Å². The van der Waals surface area contributed by atoms with Gasteiger partial charge in [-0.3, -0.25) is 14.2 Å². The molecule has 0 saturated carbocycles. The molecule has 4 aromatic heterocycles. The zero-order valence-electron chi connectivity index (χ0n) is 16.6. The van der Waals surface area contributed by atoms with Gasteiger partial charge in [0.1, 0.15) is 30.3 Å². The summed E-state index contributed by atoms with van der Waals surface area (Å²) in [7, 11) is 0. The van der Waals surface area contributed by atoms with Gasteiger partial charge in [0.05, 0.1) is 5.69 Å². The van der Waals surface area contributed by atoms with Crippen molar-refractivity contribution in [2.75, 3.05) is 5.32 Å². The summed E-state index contributed by atoms with van der Waals surface area (Å²) < 4.78 is 4.43. The molecule has 0 aliphatic carbocycles. The summed E-state index contributed by atoms with van der Waals surface area (Å²) in [5, 5.41) is 11.4. The van der Waals surface area contributed by atoms with Crippen molar-refractivity contribution in [1.29, 1.82) is 0 Å². The van der Waals surface area contributed by atoms with Crippen LogP contribution in [0.1, 0.15) is 24.4 Å². The van der Waals surface area contributed by atoms with Crippen LogP contribution in [0.3, 0.4) is 0 Å². The van der Waals surface area contributed by atoms with Crippen molar-refractivity contribution in [3.63, 3.8) is 0 Å². The number of anilines is 1. The molecule has 11 heteroatoms. The lowest BCUT2D eigenvalue weighted by atomic mass is 10.3. The molecule has 0 aromatic carbocycles. The Morgan fingerprint density at radius 1 is 1.10 bits per heavy atom. The third-order valence-corrected chi connectivity index (χ3v) is 4.46. The van der Waals surface area contributed by atoms with E-state index in [1.807, 2.05) is 19.9 Å². The SMILES string of the molecule is Cc1cc(C)n(-c2ccc(=O)n(C(C)C(=O)Nc3cc(-n4ccnc4)ncn3)n2)n1. The van der Waals surface area contributed by atoms with E-state index in [1.54, 1.807) is 47.0 Å². The summed E-state index contributed by atoms with van der Waals surface area (Å²) >= 11 is 0. The molecule has 0 aliphatic heterocycles. The second kappa shape index (κ2) is 7.70. The van der Waals surface area contributed by atoms with Gasteiger partial charge < -0.3 is 5.32 Å². The summed E-state index contributed by atoms with van der Waals surface area (Å²) in [4.78, 5) is 37.3. The smallest absolute Gasteiger partial charge is 0.267 e. The summed E-state index contributed by atoms with van der Waals surface area (Å²) in [5.41, 5.74) is 1.30. The summed E-state index contributed by atoms with van der Waals surface area (Å²) in [6.07, 6.45) is 6.27. The van der Waals surface area contributed by atoms with Gasteiger partial charge in [-0.15, -0.1) is 5.10 Å². The van der Waals surface area contributed by atoms with Crippen LogP contribution in [-0.2, 0) is 4.79 Å². The number of amides is 1. The molecule has 0 radical (unpaired) electrons. The molecular formula is C19H19N9O2. The molecule has 4 rings (SSSR count). The van der Waals surface area contributed by atoms with Crippen molar-refractivity contribution in [1.82, 2.24) is 39.1 Å². The monoisotopic (exact) mass is 405 g/mol. The molecule has 1 amide bonds. The first-order chi connectivity index (χ1) is 14.4. The van der Waals surface area contributed by atoms with Gasteiger partial charge in [0.15, 0.2) is 5.82 Å². The lowest BCUT2D eigenvalue weighted by Crippen LogP contribution is -2.34. The van der Waals surface area contributed by atoms with Gasteiger partial charge >= 0.3 is 0 Å². The van der Waals surface area contributed by atoms with Gasteiger partial charge in [-0.2, -0.15) is 5.10 Å². The molecule has 30 heavy (non-hydrogen) atoms. The lowest BCUT2D eigenvalue weighted by Gasteiger charge is -2.15. The number of carbonyl (C=O) groups excluding carboxylic acids is 1. The minimum absolute atomic E-state index is 0.299. The van der Waals surface area contributed by atoms with Crippen molar-refractivity contribution < 1.29 is 4.79 Å². The van der Waals surface area contributed by atoms with Crippen molar-refractivity contribution in [2.24, 2.45) is 0 Å². The maximum Gasteiger partial charge on any atom is 0.267 e. The molecule has 1 N–H and O–H groups in total. The van der Waals surface area contributed by atoms with Crippen LogP contribution in [-0.4, -0.2) is 45.0 Å². The maximum atomic E-state index is 12.8. The molecule has 152 valence electrons. The van der Waals surface area contributed by atoms with E-state index in [0.29, 0.717) is 17.5 Å². The molecule has 0 bridgehead atoms. The first-order valence-corrected chi connectivity index (χ1v) is 9.17. The minimum atomic E-state index is -0.874. The Kier molecular flexibility index (Phi) is 4.92.